The first kappa shape index (κ1) is 21.7. The van der Waals surface area contributed by atoms with Crippen molar-refractivity contribution in [3.8, 4) is 11.5 Å². The van der Waals surface area contributed by atoms with Gasteiger partial charge in [0, 0.05) is 18.7 Å². The molecule has 0 saturated heterocycles. The fourth-order valence-corrected chi connectivity index (χ4v) is 2.26. The molecule has 0 saturated carbocycles. The average Bonchev–Trinajstić information content (AvgIpc) is 2.72. The second kappa shape index (κ2) is 12.0. The number of amides is 2. The van der Waals surface area contributed by atoms with Crippen LogP contribution in [-0.2, 0) is 9.53 Å². The summed E-state index contributed by atoms with van der Waals surface area (Å²) in [4.78, 5) is 35.1. The molecule has 8 nitrogen and oxygen atoms in total. The van der Waals surface area contributed by atoms with Crippen LogP contribution in [0.2, 0.25) is 0 Å². The quantitative estimate of drug-likeness (QED) is 0.361. The zero-order valence-electron chi connectivity index (χ0n) is 16.2. The summed E-state index contributed by atoms with van der Waals surface area (Å²) in [5, 5.41) is 5.41. The van der Waals surface area contributed by atoms with Crippen LogP contribution in [0.15, 0.2) is 54.6 Å². The van der Waals surface area contributed by atoms with Gasteiger partial charge in [0.15, 0.2) is 0 Å². The molecule has 0 aliphatic rings. The topological polar surface area (TPSA) is 103 Å². The van der Waals surface area contributed by atoms with Crippen molar-refractivity contribution in [3.63, 3.8) is 0 Å². The van der Waals surface area contributed by atoms with Crippen LogP contribution >= 0.6 is 0 Å². The van der Waals surface area contributed by atoms with Crippen molar-refractivity contribution in [2.24, 2.45) is 0 Å². The van der Waals surface area contributed by atoms with Gasteiger partial charge < -0.3 is 24.8 Å². The summed E-state index contributed by atoms with van der Waals surface area (Å²) in [5.41, 5.74) is 0.406. The maximum Gasteiger partial charge on any atom is 0.513 e. The molecule has 0 spiro atoms. The molecule has 0 atom stereocenters. The largest absolute Gasteiger partial charge is 0.513 e. The van der Waals surface area contributed by atoms with Crippen molar-refractivity contribution in [2.75, 3.05) is 26.3 Å². The van der Waals surface area contributed by atoms with Gasteiger partial charge in [0.2, 0.25) is 5.91 Å². The maximum atomic E-state index is 12.1. The van der Waals surface area contributed by atoms with E-state index in [1.807, 2.05) is 30.3 Å². The Morgan fingerprint density at radius 3 is 2.24 bits per heavy atom. The first-order chi connectivity index (χ1) is 14.1. The average molecular weight is 400 g/mol. The summed E-state index contributed by atoms with van der Waals surface area (Å²) in [6, 6.07) is 15.3. The number of para-hydroxylation sites is 1. The highest BCUT2D eigenvalue weighted by atomic mass is 16.7. The van der Waals surface area contributed by atoms with E-state index in [4.69, 9.17) is 9.47 Å². The fraction of sp³-hybridized carbons (Fsp3) is 0.286. The summed E-state index contributed by atoms with van der Waals surface area (Å²) < 4.78 is 15.1. The van der Waals surface area contributed by atoms with Crippen LogP contribution in [0.3, 0.4) is 0 Å². The molecule has 2 aromatic rings. The monoisotopic (exact) mass is 400 g/mol. The smallest absolute Gasteiger partial charge is 0.493 e. The lowest BCUT2D eigenvalue weighted by Gasteiger charge is -2.09. The molecule has 2 N–H and O–H groups in total. The van der Waals surface area contributed by atoms with Gasteiger partial charge in [-0.05, 0) is 43.3 Å². The Bertz CT molecular complexity index is 793. The van der Waals surface area contributed by atoms with Gasteiger partial charge in [0.1, 0.15) is 11.5 Å². The summed E-state index contributed by atoms with van der Waals surface area (Å²) in [7, 11) is 0. The van der Waals surface area contributed by atoms with Crippen LogP contribution in [-0.4, -0.2) is 44.3 Å². The van der Waals surface area contributed by atoms with Gasteiger partial charge in [-0.25, -0.2) is 4.79 Å². The predicted molar refractivity (Wildman–Crippen MR) is 106 cm³/mol. The van der Waals surface area contributed by atoms with Crippen LogP contribution in [0, 0.1) is 0 Å². The number of carbonyl (C=O) groups is 3. The maximum absolute atomic E-state index is 12.1. The number of rotatable bonds is 10. The third-order valence-electron chi connectivity index (χ3n) is 3.65. The molecule has 0 aliphatic carbocycles. The summed E-state index contributed by atoms with van der Waals surface area (Å²) >= 11 is 0. The molecular weight excluding hydrogens is 376 g/mol. The first-order valence-electron chi connectivity index (χ1n) is 9.26. The highest BCUT2D eigenvalue weighted by Crippen LogP contribution is 2.13. The van der Waals surface area contributed by atoms with E-state index in [2.05, 4.69) is 15.4 Å². The lowest BCUT2D eigenvalue weighted by molar-refractivity contribution is -0.121. The van der Waals surface area contributed by atoms with Crippen LogP contribution in [0.4, 0.5) is 4.79 Å². The van der Waals surface area contributed by atoms with E-state index in [0.29, 0.717) is 17.9 Å². The molecule has 2 aromatic carbocycles. The van der Waals surface area contributed by atoms with Gasteiger partial charge in [-0.2, -0.15) is 0 Å². The normalized spacial score (nSPS) is 9.97. The molecule has 0 unspecified atom stereocenters. The van der Waals surface area contributed by atoms with Crippen LogP contribution < -0.4 is 20.1 Å². The highest BCUT2D eigenvalue weighted by Gasteiger charge is 2.08. The number of nitrogens with one attached hydrogen (secondary N) is 2. The van der Waals surface area contributed by atoms with Gasteiger partial charge in [-0.1, -0.05) is 18.2 Å². The number of benzene rings is 2. The lowest BCUT2D eigenvalue weighted by Crippen LogP contribution is -2.35. The van der Waals surface area contributed by atoms with E-state index in [-0.39, 0.29) is 43.7 Å². The van der Waals surface area contributed by atoms with E-state index in [9.17, 15) is 14.4 Å². The molecule has 2 amide bonds. The lowest BCUT2D eigenvalue weighted by atomic mass is 10.2. The Balaban J connectivity index is 1.61. The van der Waals surface area contributed by atoms with Crippen LogP contribution in [0.25, 0.3) is 0 Å². The Labute approximate surface area is 169 Å². The summed E-state index contributed by atoms with van der Waals surface area (Å²) in [5.74, 6) is 0.543. The van der Waals surface area contributed by atoms with Gasteiger partial charge in [0.25, 0.3) is 5.91 Å². The molecule has 0 aromatic heterocycles. The zero-order valence-corrected chi connectivity index (χ0v) is 16.2. The first-order valence-corrected chi connectivity index (χ1v) is 9.26. The number of carbonyl (C=O) groups excluding carboxylic acids is 3. The molecular formula is C21H24N2O6. The minimum atomic E-state index is -0.797. The van der Waals surface area contributed by atoms with Crippen molar-refractivity contribution >= 4 is 18.0 Å². The molecule has 0 heterocycles. The third-order valence-corrected chi connectivity index (χ3v) is 3.65. The standard InChI is InChI=1S/C21H24N2O6/c1-2-27-21(26)29-18-10-8-16(9-11-18)20(25)23-14-13-22-19(24)12-15-28-17-6-4-3-5-7-17/h3-11H,2,12-15H2,1H3,(H,22,24)(H,23,25). The fourth-order valence-electron chi connectivity index (χ4n) is 2.26. The molecule has 8 heteroatoms. The van der Waals surface area contributed by atoms with Crippen molar-refractivity contribution in [1.82, 2.24) is 10.6 Å². The van der Waals surface area contributed by atoms with Gasteiger partial charge in [-0.3, -0.25) is 9.59 Å². The van der Waals surface area contributed by atoms with Crippen molar-refractivity contribution < 1.29 is 28.6 Å². The Morgan fingerprint density at radius 1 is 0.862 bits per heavy atom. The molecule has 154 valence electrons. The van der Waals surface area contributed by atoms with E-state index in [0.717, 1.165) is 0 Å². The molecule has 0 aliphatic heterocycles. The van der Waals surface area contributed by atoms with Gasteiger partial charge in [-0.15, -0.1) is 0 Å². The second-order valence-electron chi connectivity index (χ2n) is 5.83. The summed E-state index contributed by atoms with van der Waals surface area (Å²) in [6.45, 7) is 2.76. The van der Waals surface area contributed by atoms with Crippen LogP contribution in [0.1, 0.15) is 23.7 Å². The van der Waals surface area contributed by atoms with Gasteiger partial charge >= 0.3 is 6.16 Å². The van der Waals surface area contributed by atoms with Gasteiger partial charge in [0.05, 0.1) is 19.6 Å². The molecule has 0 fully saturated rings. The molecule has 29 heavy (non-hydrogen) atoms. The Morgan fingerprint density at radius 2 is 1.55 bits per heavy atom. The summed E-state index contributed by atoms with van der Waals surface area (Å²) in [6.07, 6.45) is -0.570. The Hall–Kier alpha value is -3.55. The second-order valence-corrected chi connectivity index (χ2v) is 5.83. The van der Waals surface area contributed by atoms with E-state index in [1.165, 1.54) is 24.3 Å². The SMILES string of the molecule is CCOC(=O)Oc1ccc(C(=O)NCCNC(=O)CCOc2ccccc2)cc1. The van der Waals surface area contributed by atoms with Crippen molar-refractivity contribution in [2.45, 2.75) is 13.3 Å². The highest BCUT2D eigenvalue weighted by molar-refractivity contribution is 5.94. The molecule has 0 bridgehead atoms. The number of hydrogen-bond donors (Lipinski definition) is 2. The molecule has 0 radical (unpaired) electrons. The van der Waals surface area contributed by atoms with Crippen molar-refractivity contribution in [3.05, 3.63) is 60.2 Å². The van der Waals surface area contributed by atoms with Crippen LogP contribution in [0.5, 0.6) is 11.5 Å². The van der Waals surface area contributed by atoms with E-state index >= 15 is 0 Å². The third kappa shape index (κ3) is 8.34. The number of ether oxygens (including phenoxy) is 3. The Kier molecular flexibility index (Phi) is 9.01. The molecule has 2 rings (SSSR count). The zero-order chi connectivity index (χ0) is 20.9. The van der Waals surface area contributed by atoms with Crippen molar-refractivity contribution in [1.29, 1.82) is 0 Å². The van der Waals surface area contributed by atoms with E-state index < -0.39 is 6.16 Å². The minimum Gasteiger partial charge on any atom is -0.493 e. The predicted octanol–water partition coefficient (Wildman–Crippen LogP) is 2.54. The van der Waals surface area contributed by atoms with E-state index in [1.54, 1.807) is 6.92 Å². The minimum absolute atomic E-state index is 0.157. The number of hydrogen-bond acceptors (Lipinski definition) is 6.